The van der Waals surface area contributed by atoms with Crippen LogP contribution < -0.4 is 10.6 Å². The van der Waals surface area contributed by atoms with Crippen LogP contribution in [0.2, 0.25) is 0 Å². The first-order valence-electron chi connectivity index (χ1n) is 6.54. The van der Waals surface area contributed by atoms with E-state index in [1.54, 1.807) is 0 Å². The number of aliphatic imine (C=N–C) groups is 1. The third kappa shape index (κ3) is 15.0. The van der Waals surface area contributed by atoms with Crippen LogP contribution in [0.3, 0.4) is 0 Å². The number of aliphatic hydroxyl groups is 2. The van der Waals surface area contributed by atoms with Crippen molar-refractivity contribution in [2.24, 2.45) is 4.99 Å². The van der Waals surface area contributed by atoms with Gasteiger partial charge in [0.25, 0.3) is 0 Å². The van der Waals surface area contributed by atoms with Gasteiger partial charge in [0.05, 0.1) is 25.6 Å². The molecule has 0 spiro atoms. The molecule has 8 heteroatoms. The van der Waals surface area contributed by atoms with Crippen LogP contribution in [0, 0.1) is 0 Å². The van der Waals surface area contributed by atoms with Gasteiger partial charge in [0.2, 0.25) is 5.91 Å². The van der Waals surface area contributed by atoms with Gasteiger partial charge in [-0.05, 0) is 6.92 Å². The Morgan fingerprint density at radius 2 is 1.95 bits per heavy atom. The van der Waals surface area contributed by atoms with Crippen molar-refractivity contribution in [3.63, 3.8) is 0 Å². The molecule has 0 aromatic carbocycles. The van der Waals surface area contributed by atoms with E-state index in [0.717, 1.165) is 25.5 Å². The van der Waals surface area contributed by atoms with Gasteiger partial charge in [0, 0.05) is 39.6 Å². The standard InChI is InChI=1S/C6H14N2O2.C6H12N2O.CH4.H2O/c1-6(10)8-3-2-7-4-5-9;1-6-7-2-3-8(6)4-5-9;;/h7,9H,2-5H2,1H3,(H,8,10);9H,2-5H2,1H3;1H4;1H2. The number of β-amino-alcohol motifs (C(OH)–C–C–N with tert-alkyl or cyclic N) is 1. The topological polar surface area (TPSA) is 129 Å². The smallest absolute Gasteiger partial charge is 0.216 e. The highest BCUT2D eigenvalue weighted by Crippen LogP contribution is 1.98. The van der Waals surface area contributed by atoms with E-state index < -0.39 is 0 Å². The summed E-state index contributed by atoms with van der Waals surface area (Å²) < 4.78 is 0. The van der Waals surface area contributed by atoms with Crippen molar-refractivity contribution < 1.29 is 20.5 Å². The van der Waals surface area contributed by atoms with E-state index in [9.17, 15) is 4.79 Å². The average molecular weight is 308 g/mol. The Labute approximate surface area is 127 Å². The van der Waals surface area contributed by atoms with Crippen LogP contribution in [-0.4, -0.2) is 84.8 Å². The zero-order valence-electron chi connectivity index (χ0n) is 12.4. The van der Waals surface area contributed by atoms with Crippen LogP contribution in [0.15, 0.2) is 4.99 Å². The fourth-order valence-electron chi connectivity index (χ4n) is 1.52. The first-order valence-corrected chi connectivity index (χ1v) is 6.54. The Kier molecular flexibility index (Phi) is 19.9. The number of amidine groups is 1. The van der Waals surface area contributed by atoms with Gasteiger partial charge in [-0.1, -0.05) is 7.43 Å². The fourth-order valence-corrected chi connectivity index (χ4v) is 1.52. The predicted octanol–water partition coefficient (Wildman–Crippen LogP) is -1.77. The lowest BCUT2D eigenvalue weighted by molar-refractivity contribution is -0.118. The SMILES string of the molecule is C.CC(=O)NCCNCCO.CC1=NCCN1CCO.O. The molecule has 0 atom stereocenters. The van der Waals surface area contributed by atoms with Crippen molar-refractivity contribution in [2.75, 3.05) is 52.5 Å². The Bertz CT molecular complexity index is 275. The van der Waals surface area contributed by atoms with Crippen LogP contribution in [0.4, 0.5) is 0 Å². The number of carbonyl (C=O) groups is 1. The molecular formula is C13H32N4O4. The van der Waals surface area contributed by atoms with Crippen molar-refractivity contribution in [3.8, 4) is 0 Å². The number of aliphatic hydroxyl groups excluding tert-OH is 2. The number of amides is 1. The van der Waals surface area contributed by atoms with Crippen LogP contribution in [-0.2, 0) is 4.79 Å². The molecule has 1 rings (SSSR count). The van der Waals surface area contributed by atoms with E-state index in [4.69, 9.17) is 10.2 Å². The Morgan fingerprint density at radius 3 is 2.38 bits per heavy atom. The van der Waals surface area contributed by atoms with E-state index in [0.29, 0.717) is 19.6 Å². The van der Waals surface area contributed by atoms with E-state index in [1.807, 2.05) is 6.92 Å². The van der Waals surface area contributed by atoms with Crippen molar-refractivity contribution in [2.45, 2.75) is 21.3 Å². The molecule has 1 aliphatic heterocycles. The monoisotopic (exact) mass is 308 g/mol. The highest BCUT2D eigenvalue weighted by molar-refractivity contribution is 5.81. The van der Waals surface area contributed by atoms with Crippen LogP contribution in [0.1, 0.15) is 21.3 Å². The van der Waals surface area contributed by atoms with E-state index in [2.05, 4.69) is 20.5 Å². The lowest BCUT2D eigenvalue weighted by Crippen LogP contribution is -2.31. The molecular weight excluding hydrogens is 276 g/mol. The average Bonchev–Trinajstić information content (AvgIpc) is 2.76. The van der Waals surface area contributed by atoms with Gasteiger partial charge in [0.15, 0.2) is 0 Å². The van der Waals surface area contributed by atoms with Crippen molar-refractivity contribution in [1.82, 2.24) is 15.5 Å². The largest absolute Gasteiger partial charge is 0.412 e. The number of rotatable bonds is 7. The number of nitrogens with zero attached hydrogens (tertiary/aromatic N) is 2. The predicted molar refractivity (Wildman–Crippen MR) is 85.6 cm³/mol. The Balaban J connectivity index is -0.000000282. The molecule has 0 saturated heterocycles. The lowest BCUT2D eigenvalue weighted by atomic mass is 10.5. The Hall–Kier alpha value is -1.22. The zero-order chi connectivity index (χ0) is 14.5. The van der Waals surface area contributed by atoms with Gasteiger partial charge < -0.3 is 31.2 Å². The minimum absolute atomic E-state index is 0. The van der Waals surface area contributed by atoms with E-state index in [1.165, 1.54) is 6.92 Å². The van der Waals surface area contributed by atoms with Crippen LogP contribution in [0.5, 0.6) is 0 Å². The summed E-state index contributed by atoms with van der Waals surface area (Å²) in [5, 5.41) is 22.4. The summed E-state index contributed by atoms with van der Waals surface area (Å²) in [5.74, 6) is 1.04. The summed E-state index contributed by atoms with van der Waals surface area (Å²) in [7, 11) is 0. The fraction of sp³-hybridized carbons (Fsp3) is 0.846. The van der Waals surface area contributed by atoms with Crippen LogP contribution >= 0.6 is 0 Å². The molecule has 0 saturated carbocycles. The molecule has 0 radical (unpaired) electrons. The first kappa shape index (κ1) is 24.8. The maximum atomic E-state index is 10.3. The van der Waals surface area contributed by atoms with E-state index >= 15 is 0 Å². The first-order chi connectivity index (χ1) is 9.11. The summed E-state index contributed by atoms with van der Waals surface area (Å²) in [6, 6.07) is 0. The highest BCUT2D eigenvalue weighted by atomic mass is 16.3. The van der Waals surface area contributed by atoms with Crippen molar-refractivity contribution in [3.05, 3.63) is 0 Å². The van der Waals surface area contributed by atoms with Gasteiger partial charge in [-0.2, -0.15) is 0 Å². The molecule has 0 aliphatic carbocycles. The summed E-state index contributed by atoms with van der Waals surface area (Å²) in [6.07, 6.45) is 0. The molecule has 21 heavy (non-hydrogen) atoms. The maximum absolute atomic E-state index is 10.3. The number of carbonyl (C=O) groups excluding carboxylic acids is 1. The minimum atomic E-state index is -0.0224. The van der Waals surface area contributed by atoms with Gasteiger partial charge in [-0.3, -0.25) is 9.79 Å². The second-order valence-electron chi connectivity index (χ2n) is 4.10. The second-order valence-corrected chi connectivity index (χ2v) is 4.10. The zero-order valence-corrected chi connectivity index (χ0v) is 12.4. The highest BCUT2D eigenvalue weighted by Gasteiger charge is 2.09. The summed E-state index contributed by atoms with van der Waals surface area (Å²) in [5.41, 5.74) is 0. The second kappa shape index (κ2) is 16.8. The molecule has 128 valence electrons. The normalized spacial score (nSPS) is 12.4. The third-order valence-electron chi connectivity index (χ3n) is 2.50. The molecule has 0 fully saturated rings. The summed E-state index contributed by atoms with van der Waals surface area (Å²) >= 11 is 0. The Morgan fingerprint density at radius 1 is 1.29 bits per heavy atom. The maximum Gasteiger partial charge on any atom is 0.216 e. The number of hydrogen-bond acceptors (Lipinski definition) is 6. The van der Waals surface area contributed by atoms with Gasteiger partial charge in [-0.25, -0.2) is 0 Å². The molecule has 1 aliphatic rings. The molecule has 0 aromatic heterocycles. The molecule has 8 nitrogen and oxygen atoms in total. The van der Waals surface area contributed by atoms with Gasteiger partial charge >= 0.3 is 0 Å². The molecule has 1 heterocycles. The minimum Gasteiger partial charge on any atom is -0.412 e. The molecule has 0 unspecified atom stereocenters. The van der Waals surface area contributed by atoms with E-state index in [-0.39, 0.29) is 32.0 Å². The van der Waals surface area contributed by atoms with Gasteiger partial charge in [-0.15, -0.1) is 0 Å². The summed E-state index contributed by atoms with van der Waals surface area (Å²) in [6.45, 7) is 8.34. The van der Waals surface area contributed by atoms with Crippen LogP contribution in [0.25, 0.3) is 0 Å². The molecule has 6 N–H and O–H groups in total. The number of hydrogen-bond donors (Lipinski definition) is 4. The quantitative estimate of drug-likeness (QED) is 0.414. The summed E-state index contributed by atoms with van der Waals surface area (Å²) in [4.78, 5) is 16.5. The van der Waals surface area contributed by atoms with Crippen molar-refractivity contribution >= 4 is 11.7 Å². The van der Waals surface area contributed by atoms with Gasteiger partial charge in [0.1, 0.15) is 0 Å². The molecule has 1 amide bonds. The molecule has 0 aromatic rings. The molecule has 0 bridgehead atoms. The third-order valence-corrected chi connectivity index (χ3v) is 2.50. The lowest BCUT2D eigenvalue weighted by Gasteiger charge is -2.15. The van der Waals surface area contributed by atoms with Crippen molar-refractivity contribution in [1.29, 1.82) is 0 Å². The number of nitrogens with one attached hydrogen (secondary N) is 2.